The number of carbonyl (C=O) groups is 1. The Bertz CT molecular complexity index is 1360. The minimum absolute atomic E-state index is 0.0857. The molecule has 0 saturated carbocycles. The van der Waals surface area contributed by atoms with Crippen molar-refractivity contribution in [3.63, 3.8) is 0 Å². The van der Waals surface area contributed by atoms with Gasteiger partial charge in [0.2, 0.25) is 0 Å². The molecule has 0 unspecified atom stereocenters. The zero-order chi connectivity index (χ0) is 25.6. The fraction of sp³-hybridized carbons (Fsp3) is 0.267. The number of aryl methyl sites for hydroxylation is 1. The van der Waals surface area contributed by atoms with E-state index in [-0.39, 0.29) is 5.91 Å². The smallest absolute Gasteiger partial charge is 0.272 e. The highest BCUT2D eigenvalue weighted by Crippen LogP contribution is 2.24. The molecule has 2 heterocycles. The SMILES string of the molecule is COc1ccc(-c2cc(C(=O)N3CCOCCOc4ccccc4Cc4cccc(c4)C3)n(C)n2)cc1. The quantitative estimate of drug-likeness (QED) is 0.409. The molecule has 7 heteroatoms. The Hall–Kier alpha value is -4.10. The topological polar surface area (TPSA) is 65.8 Å². The molecule has 1 amide bonds. The third-order valence-electron chi connectivity index (χ3n) is 6.49. The van der Waals surface area contributed by atoms with Gasteiger partial charge in [-0.25, -0.2) is 0 Å². The molecule has 5 rings (SSSR count). The summed E-state index contributed by atoms with van der Waals surface area (Å²) in [7, 11) is 3.44. The molecule has 190 valence electrons. The van der Waals surface area contributed by atoms with Crippen molar-refractivity contribution in [2.45, 2.75) is 13.0 Å². The fourth-order valence-corrected chi connectivity index (χ4v) is 4.54. The van der Waals surface area contributed by atoms with Crippen molar-refractivity contribution in [2.75, 3.05) is 33.5 Å². The van der Waals surface area contributed by atoms with Crippen LogP contribution in [-0.2, 0) is 24.8 Å². The van der Waals surface area contributed by atoms with Crippen LogP contribution in [0.4, 0.5) is 0 Å². The Morgan fingerprint density at radius 3 is 2.57 bits per heavy atom. The van der Waals surface area contributed by atoms with Gasteiger partial charge in [-0.15, -0.1) is 0 Å². The molecule has 7 nitrogen and oxygen atoms in total. The van der Waals surface area contributed by atoms with Gasteiger partial charge in [-0.3, -0.25) is 9.48 Å². The molecule has 2 bridgehead atoms. The lowest BCUT2D eigenvalue weighted by Crippen LogP contribution is -2.35. The second kappa shape index (κ2) is 11.3. The molecule has 0 atom stereocenters. The first-order valence-corrected chi connectivity index (χ1v) is 12.4. The van der Waals surface area contributed by atoms with Gasteiger partial charge in [-0.05, 0) is 53.1 Å². The summed E-state index contributed by atoms with van der Waals surface area (Å²) in [4.78, 5) is 15.6. The number of para-hydroxylation sites is 1. The van der Waals surface area contributed by atoms with Gasteiger partial charge >= 0.3 is 0 Å². The van der Waals surface area contributed by atoms with Crippen LogP contribution in [0.15, 0.2) is 78.9 Å². The average Bonchev–Trinajstić information content (AvgIpc) is 3.31. The van der Waals surface area contributed by atoms with E-state index in [1.165, 1.54) is 5.56 Å². The first-order chi connectivity index (χ1) is 18.1. The van der Waals surface area contributed by atoms with Crippen LogP contribution in [0.2, 0.25) is 0 Å². The zero-order valence-electron chi connectivity index (χ0n) is 21.2. The molecule has 1 aromatic heterocycles. The molecule has 1 aliphatic heterocycles. The van der Waals surface area contributed by atoms with Crippen LogP contribution in [0, 0.1) is 0 Å². The van der Waals surface area contributed by atoms with Crippen molar-refractivity contribution in [3.05, 3.63) is 101 Å². The minimum Gasteiger partial charge on any atom is -0.497 e. The summed E-state index contributed by atoms with van der Waals surface area (Å²) in [6, 6.07) is 26.0. The van der Waals surface area contributed by atoms with Gasteiger partial charge in [0.1, 0.15) is 23.8 Å². The van der Waals surface area contributed by atoms with Crippen molar-refractivity contribution in [2.24, 2.45) is 7.05 Å². The summed E-state index contributed by atoms with van der Waals surface area (Å²) in [5, 5.41) is 4.60. The van der Waals surface area contributed by atoms with E-state index in [1.807, 2.05) is 59.5 Å². The molecular weight excluding hydrogens is 466 g/mol. The predicted molar refractivity (Wildman–Crippen MR) is 142 cm³/mol. The van der Waals surface area contributed by atoms with Crippen molar-refractivity contribution in [1.29, 1.82) is 0 Å². The van der Waals surface area contributed by atoms with Crippen molar-refractivity contribution in [3.8, 4) is 22.8 Å². The van der Waals surface area contributed by atoms with E-state index in [9.17, 15) is 4.79 Å². The monoisotopic (exact) mass is 497 g/mol. The highest BCUT2D eigenvalue weighted by atomic mass is 16.5. The second-order valence-corrected chi connectivity index (χ2v) is 9.06. The molecule has 3 aromatic carbocycles. The van der Waals surface area contributed by atoms with E-state index < -0.39 is 0 Å². The van der Waals surface area contributed by atoms with Gasteiger partial charge in [0.25, 0.3) is 5.91 Å². The summed E-state index contributed by atoms with van der Waals surface area (Å²) >= 11 is 0. The van der Waals surface area contributed by atoms with Gasteiger partial charge < -0.3 is 19.1 Å². The molecule has 0 saturated heterocycles. The van der Waals surface area contributed by atoms with Gasteiger partial charge in [-0.1, -0.05) is 42.5 Å². The number of rotatable bonds is 3. The third kappa shape index (κ3) is 5.84. The minimum atomic E-state index is -0.0857. The van der Waals surface area contributed by atoms with Crippen LogP contribution in [0.3, 0.4) is 0 Å². The van der Waals surface area contributed by atoms with E-state index in [0.29, 0.717) is 38.6 Å². The fourth-order valence-electron chi connectivity index (χ4n) is 4.54. The first-order valence-electron chi connectivity index (χ1n) is 12.4. The number of nitrogens with zero attached hydrogens (tertiary/aromatic N) is 3. The van der Waals surface area contributed by atoms with Crippen LogP contribution in [0.25, 0.3) is 11.3 Å². The molecule has 0 spiro atoms. The number of amides is 1. The Labute approximate surface area is 217 Å². The van der Waals surface area contributed by atoms with E-state index >= 15 is 0 Å². The first kappa shape index (κ1) is 24.6. The highest BCUT2D eigenvalue weighted by Gasteiger charge is 2.22. The van der Waals surface area contributed by atoms with E-state index in [4.69, 9.17) is 14.2 Å². The number of hydrogen-bond acceptors (Lipinski definition) is 5. The Morgan fingerprint density at radius 1 is 0.919 bits per heavy atom. The highest BCUT2D eigenvalue weighted by molar-refractivity contribution is 5.93. The maximum atomic E-state index is 13.7. The lowest BCUT2D eigenvalue weighted by Gasteiger charge is -2.23. The number of methoxy groups -OCH3 is 1. The van der Waals surface area contributed by atoms with Crippen LogP contribution in [-0.4, -0.2) is 54.1 Å². The Balaban J connectivity index is 1.40. The van der Waals surface area contributed by atoms with E-state index in [1.54, 1.807) is 18.8 Å². The molecule has 0 aliphatic carbocycles. The molecule has 37 heavy (non-hydrogen) atoms. The Kier molecular flexibility index (Phi) is 7.51. The standard InChI is InChI=1S/C30H31N3O4/c1-32-28(20-27(31-32)24-10-12-26(35-2)13-11-24)30(34)33-14-15-36-16-17-37-29-9-4-3-8-25(29)19-22-6-5-7-23(18-22)21-33/h3-13,18,20H,14-17,19,21H2,1-2H3. The normalized spacial score (nSPS) is 14.3. The molecular formula is C30H31N3O4. The van der Waals surface area contributed by atoms with E-state index in [0.717, 1.165) is 40.3 Å². The van der Waals surface area contributed by atoms with Crippen LogP contribution >= 0.6 is 0 Å². The van der Waals surface area contributed by atoms with Crippen molar-refractivity contribution < 1.29 is 19.0 Å². The number of benzene rings is 3. The zero-order valence-corrected chi connectivity index (χ0v) is 21.2. The Morgan fingerprint density at radius 2 is 1.73 bits per heavy atom. The molecule has 1 aliphatic rings. The number of fused-ring (bicyclic) bond motifs is 3. The van der Waals surface area contributed by atoms with Gasteiger partial charge in [0.15, 0.2) is 0 Å². The lowest BCUT2D eigenvalue weighted by atomic mass is 10.0. The van der Waals surface area contributed by atoms with Crippen molar-refractivity contribution in [1.82, 2.24) is 14.7 Å². The number of aromatic nitrogens is 2. The van der Waals surface area contributed by atoms with Crippen LogP contribution in [0.5, 0.6) is 11.5 Å². The largest absolute Gasteiger partial charge is 0.497 e. The average molecular weight is 498 g/mol. The summed E-state index contributed by atoms with van der Waals surface area (Å²) in [6.45, 7) is 2.27. The number of carbonyl (C=O) groups excluding carboxylic acids is 1. The lowest BCUT2D eigenvalue weighted by molar-refractivity contribution is 0.0563. The van der Waals surface area contributed by atoms with Crippen LogP contribution in [0.1, 0.15) is 27.2 Å². The summed E-state index contributed by atoms with van der Waals surface area (Å²) in [6.07, 6.45) is 0.756. The maximum Gasteiger partial charge on any atom is 0.272 e. The van der Waals surface area contributed by atoms with Crippen LogP contribution < -0.4 is 9.47 Å². The summed E-state index contributed by atoms with van der Waals surface area (Å²) in [5.74, 6) is 1.57. The number of hydrogen-bond donors (Lipinski definition) is 0. The van der Waals surface area contributed by atoms with Gasteiger partial charge in [0, 0.05) is 32.1 Å². The number of ether oxygens (including phenoxy) is 3. The summed E-state index contributed by atoms with van der Waals surface area (Å²) in [5.41, 5.74) is 5.57. The predicted octanol–water partition coefficient (Wildman–Crippen LogP) is 4.74. The molecule has 0 radical (unpaired) electrons. The van der Waals surface area contributed by atoms with Gasteiger partial charge in [-0.2, -0.15) is 5.10 Å². The van der Waals surface area contributed by atoms with E-state index in [2.05, 4.69) is 29.4 Å². The maximum absolute atomic E-state index is 13.7. The van der Waals surface area contributed by atoms with Crippen molar-refractivity contribution >= 4 is 5.91 Å². The third-order valence-corrected chi connectivity index (χ3v) is 6.49. The second-order valence-electron chi connectivity index (χ2n) is 9.06. The molecule has 4 aromatic rings. The van der Waals surface area contributed by atoms with Gasteiger partial charge in [0.05, 0.1) is 26.0 Å². The molecule has 0 N–H and O–H groups in total. The molecule has 0 fully saturated rings. The summed E-state index contributed by atoms with van der Waals surface area (Å²) < 4.78 is 18.7.